The number of nitrogens with zero attached hydrogens (tertiary/aromatic N) is 3. The molecule has 0 aliphatic rings. The first-order valence-corrected chi connectivity index (χ1v) is 7.00. The number of hydrogen-bond donors (Lipinski definition) is 1. The summed E-state index contributed by atoms with van der Waals surface area (Å²) in [5.41, 5.74) is 0.911. The van der Waals surface area contributed by atoms with E-state index in [-0.39, 0.29) is 0 Å². The predicted molar refractivity (Wildman–Crippen MR) is 75.9 cm³/mol. The highest BCUT2D eigenvalue weighted by molar-refractivity contribution is 7.22. The molecule has 5 nitrogen and oxygen atoms in total. The van der Waals surface area contributed by atoms with Crippen LogP contribution in [0.25, 0.3) is 10.2 Å². The Balaban J connectivity index is 1.67. The molecule has 1 aromatic carbocycles. The molecule has 3 aromatic rings. The van der Waals surface area contributed by atoms with E-state index in [1.165, 1.54) is 0 Å². The quantitative estimate of drug-likeness (QED) is 0.800. The standard InChI is InChI=1S/C12H11ClN4OS/c1-7-15-10(18-17-7)5-6-14-12-16-9-4-2-3-8(13)11(9)19-12/h2-4H,5-6H2,1H3,(H,14,16). The normalized spacial score (nSPS) is 11.1. The SMILES string of the molecule is Cc1noc(CCNc2nc3cccc(Cl)c3s2)n1. The van der Waals surface area contributed by atoms with Gasteiger partial charge in [0.2, 0.25) is 5.89 Å². The number of fused-ring (bicyclic) bond motifs is 1. The Morgan fingerprint density at radius 1 is 1.37 bits per heavy atom. The van der Waals surface area contributed by atoms with Gasteiger partial charge in [-0.15, -0.1) is 0 Å². The molecule has 2 aromatic heterocycles. The van der Waals surface area contributed by atoms with Crippen LogP contribution in [0.15, 0.2) is 22.7 Å². The van der Waals surface area contributed by atoms with Crippen LogP contribution in [0.2, 0.25) is 5.02 Å². The van der Waals surface area contributed by atoms with Gasteiger partial charge in [0.15, 0.2) is 11.0 Å². The molecule has 0 unspecified atom stereocenters. The van der Waals surface area contributed by atoms with E-state index in [9.17, 15) is 0 Å². The van der Waals surface area contributed by atoms with Crippen molar-refractivity contribution in [3.8, 4) is 0 Å². The van der Waals surface area contributed by atoms with E-state index in [1.807, 2.05) is 18.2 Å². The molecule has 1 N–H and O–H groups in total. The molecule has 0 saturated heterocycles. The van der Waals surface area contributed by atoms with Crippen molar-refractivity contribution in [2.24, 2.45) is 0 Å². The van der Waals surface area contributed by atoms with Gasteiger partial charge in [0, 0.05) is 13.0 Å². The van der Waals surface area contributed by atoms with Crippen LogP contribution in [-0.4, -0.2) is 21.7 Å². The minimum absolute atomic E-state index is 0.629. The van der Waals surface area contributed by atoms with E-state index in [0.717, 1.165) is 20.4 Å². The summed E-state index contributed by atoms with van der Waals surface area (Å²) in [4.78, 5) is 8.61. The fourth-order valence-electron chi connectivity index (χ4n) is 1.71. The number of benzene rings is 1. The van der Waals surface area contributed by atoms with Crippen molar-refractivity contribution in [3.63, 3.8) is 0 Å². The van der Waals surface area contributed by atoms with Crippen LogP contribution in [0.4, 0.5) is 5.13 Å². The molecule has 3 rings (SSSR count). The zero-order valence-electron chi connectivity index (χ0n) is 10.2. The molecule has 0 aliphatic heterocycles. The highest BCUT2D eigenvalue weighted by Crippen LogP contribution is 2.31. The first-order chi connectivity index (χ1) is 9.22. The third-order valence-electron chi connectivity index (χ3n) is 2.55. The zero-order chi connectivity index (χ0) is 13.2. The van der Waals surface area contributed by atoms with Gasteiger partial charge in [0.25, 0.3) is 0 Å². The number of hydrogen-bond acceptors (Lipinski definition) is 6. The second-order valence-electron chi connectivity index (χ2n) is 4.02. The number of aromatic nitrogens is 3. The Bertz CT molecular complexity index is 709. The molecular weight excluding hydrogens is 284 g/mol. The third kappa shape index (κ3) is 2.69. The summed E-state index contributed by atoms with van der Waals surface area (Å²) in [6, 6.07) is 5.71. The molecular formula is C12H11ClN4OS. The van der Waals surface area contributed by atoms with Crippen molar-refractivity contribution in [1.29, 1.82) is 0 Å². The van der Waals surface area contributed by atoms with Crippen molar-refractivity contribution in [1.82, 2.24) is 15.1 Å². The maximum atomic E-state index is 6.11. The van der Waals surface area contributed by atoms with Crippen LogP contribution in [-0.2, 0) is 6.42 Å². The van der Waals surface area contributed by atoms with Crippen LogP contribution in [0.1, 0.15) is 11.7 Å². The predicted octanol–water partition coefficient (Wildman–Crippen LogP) is 3.30. The number of nitrogens with one attached hydrogen (secondary N) is 1. The van der Waals surface area contributed by atoms with E-state index < -0.39 is 0 Å². The maximum Gasteiger partial charge on any atom is 0.228 e. The van der Waals surface area contributed by atoms with Gasteiger partial charge >= 0.3 is 0 Å². The smallest absolute Gasteiger partial charge is 0.228 e. The number of halogens is 1. The highest BCUT2D eigenvalue weighted by atomic mass is 35.5. The first-order valence-electron chi connectivity index (χ1n) is 5.80. The molecule has 0 fully saturated rings. The van der Waals surface area contributed by atoms with Gasteiger partial charge in [-0.2, -0.15) is 4.98 Å². The Hall–Kier alpha value is -1.66. The summed E-state index contributed by atoms with van der Waals surface area (Å²) < 4.78 is 6.04. The lowest BCUT2D eigenvalue weighted by Crippen LogP contribution is -2.04. The van der Waals surface area contributed by atoms with Gasteiger partial charge in [0.05, 0.1) is 15.2 Å². The Labute approximate surface area is 118 Å². The topological polar surface area (TPSA) is 63.8 Å². The van der Waals surface area contributed by atoms with Crippen LogP contribution in [0, 0.1) is 6.92 Å². The molecule has 0 bridgehead atoms. The molecule has 0 spiro atoms. The molecule has 7 heteroatoms. The van der Waals surface area contributed by atoms with Crippen molar-refractivity contribution in [2.45, 2.75) is 13.3 Å². The lowest BCUT2D eigenvalue weighted by atomic mass is 10.3. The van der Waals surface area contributed by atoms with Crippen molar-refractivity contribution < 1.29 is 4.52 Å². The van der Waals surface area contributed by atoms with Gasteiger partial charge < -0.3 is 9.84 Å². The van der Waals surface area contributed by atoms with Crippen LogP contribution in [0.3, 0.4) is 0 Å². The molecule has 98 valence electrons. The molecule has 0 aliphatic carbocycles. The minimum Gasteiger partial charge on any atom is -0.361 e. The number of thiazole rings is 1. The van der Waals surface area contributed by atoms with Crippen LogP contribution in [0.5, 0.6) is 0 Å². The summed E-state index contributed by atoms with van der Waals surface area (Å²) in [5.74, 6) is 1.28. The summed E-state index contributed by atoms with van der Waals surface area (Å²) in [5, 5.41) is 8.56. The fourth-order valence-corrected chi connectivity index (χ4v) is 2.89. The van der Waals surface area contributed by atoms with E-state index in [1.54, 1.807) is 18.3 Å². The molecule has 2 heterocycles. The molecule has 0 amide bonds. The second-order valence-corrected chi connectivity index (χ2v) is 5.43. The summed E-state index contributed by atoms with van der Waals surface area (Å²) in [6.45, 7) is 2.50. The number of rotatable bonds is 4. The third-order valence-corrected chi connectivity index (χ3v) is 4.04. The number of anilines is 1. The second kappa shape index (κ2) is 5.14. The largest absolute Gasteiger partial charge is 0.361 e. The molecule has 0 radical (unpaired) electrons. The summed E-state index contributed by atoms with van der Waals surface area (Å²) >= 11 is 7.66. The molecule has 0 atom stereocenters. The van der Waals surface area contributed by atoms with E-state index >= 15 is 0 Å². The van der Waals surface area contributed by atoms with Gasteiger partial charge in [0.1, 0.15) is 0 Å². The summed E-state index contributed by atoms with van der Waals surface area (Å²) in [7, 11) is 0. The average Bonchev–Trinajstić information content (AvgIpc) is 2.97. The Morgan fingerprint density at radius 2 is 2.26 bits per heavy atom. The van der Waals surface area contributed by atoms with E-state index in [0.29, 0.717) is 24.7 Å². The van der Waals surface area contributed by atoms with Crippen molar-refractivity contribution in [2.75, 3.05) is 11.9 Å². The Morgan fingerprint density at radius 3 is 3.00 bits per heavy atom. The minimum atomic E-state index is 0.629. The lowest BCUT2D eigenvalue weighted by Gasteiger charge is -1.97. The monoisotopic (exact) mass is 294 g/mol. The Kier molecular flexibility index (Phi) is 3.35. The van der Waals surface area contributed by atoms with Gasteiger partial charge in [-0.1, -0.05) is 34.2 Å². The summed E-state index contributed by atoms with van der Waals surface area (Å²) in [6.07, 6.45) is 0.671. The lowest BCUT2D eigenvalue weighted by molar-refractivity contribution is 0.377. The molecule has 19 heavy (non-hydrogen) atoms. The average molecular weight is 295 g/mol. The van der Waals surface area contributed by atoms with Crippen molar-refractivity contribution >= 4 is 38.3 Å². The maximum absolute atomic E-state index is 6.11. The van der Waals surface area contributed by atoms with E-state index in [4.69, 9.17) is 16.1 Å². The van der Waals surface area contributed by atoms with Crippen LogP contribution < -0.4 is 5.32 Å². The van der Waals surface area contributed by atoms with Gasteiger partial charge in [-0.05, 0) is 19.1 Å². The zero-order valence-corrected chi connectivity index (χ0v) is 11.8. The van der Waals surface area contributed by atoms with E-state index in [2.05, 4.69) is 20.4 Å². The van der Waals surface area contributed by atoms with Crippen molar-refractivity contribution in [3.05, 3.63) is 34.9 Å². The fraction of sp³-hybridized carbons (Fsp3) is 0.250. The first kappa shape index (κ1) is 12.4. The molecule has 0 saturated carbocycles. The van der Waals surface area contributed by atoms with Crippen LogP contribution >= 0.6 is 22.9 Å². The number of aryl methyl sites for hydroxylation is 1. The van der Waals surface area contributed by atoms with Gasteiger partial charge in [-0.3, -0.25) is 0 Å². The highest BCUT2D eigenvalue weighted by Gasteiger charge is 2.07. The van der Waals surface area contributed by atoms with Gasteiger partial charge in [-0.25, -0.2) is 4.98 Å².